The minimum absolute atomic E-state index is 0.0202. The summed E-state index contributed by atoms with van der Waals surface area (Å²) in [6.45, 7) is 3.70. The number of methoxy groups -OCH3 is 1. The second-order valence-electron chi connectivity index (χ2n) is 6.19. The molecule has 1 aliphatic heterocycles. The summed E-state index contributed by atoms with van der Waals surface area (Å²) in [4.78, 5) is 26.6. The first-order valence-corrected chi connectivity index (χ1v) is 8.53. The van der Waals surface area contributed by atoms with Crippen molar-refractivity contribution in [3.8, 4) is 5.75 Å². The SMILES string of the molecule is COc1ccc(C(=O)Nc2ccc(C(=O)N3CCOC(C)C3)cc2)cc1. The second kappa shape index (κ2) is 8.01. The Kier molecular flexibility index (Phi) is 5.53. The zero-order valence-corrected chi connectivity index (χ0v) is 14.9. The van der Waals surface area contributed by atoms with Crippen molar-refractivity contribution in [2.45, 2.75) is 13.0 Å². The van der Waals surface area contributed by atoms with Crippen LogP contribution in [0.5, 0.6) is 5.75 Å². The maximum Gasteiger partial charge on any atom is 0.255 e. The van der Waals surface area contributed by atoms with Crippen molar-refractivity contribution in [3.05, 3.63) is 59.7 Å². The third-order valence-electron chi connectivity index (χ3n) is 4.27. The fourth-order valence-corrected chi connectivity index (χ4v) is 2.83. The summed E-state index contributed by atoms with van der Waals surface area (Å²) < 4.78 is 10.5. The molecule has 1 aliphatic rings. The molecule has 1 saturated heterocycles. The Labute approximate surface area is 152 Å². The van der Waals surface area contributed by atoms with E-state index in [2.05, 4.69) is 5.32 Å². The highest BCUT2D eigenvalue weighted by Crippen LogP contribution is 2.16. The van der Waals surface area contributed by atoms with Crippen molar-refractivity contribution in [2.24, 2.45) is 0 Å². The van der Waals surface area contributed by atoms with Crippen LogP contribution in [0.1, 0.15) is 27.6 Å². The Morgan fingerprint density at radius 1 is 1.08 bits per heavy atom. The van der Waals surface area contributed by atoms with Crippen molar-refractivity contribution in [1.82, 2.24) is 4.90 Å². The van der Waals surface area contributed by atoms with E-state index in [4.69, 9.17) is 9.47 Å². The summed E-state index contributed by atoms with van der Waals surface area (Å²) in [5.41, 5.74) is 1.77. The number of amides is 2. The topological polar surface area (TPSA) is 67.9 Å². The van der Waals surface area contributed by atoms with Gasteiger partial charge in [0.15, 0.2) is 0 Å². The van der Waals surface area contributed by atoms with Crippen molar-refractivity contribution < 1.29 is 19.1 Å². The number of hydrogen-bond acceptors (Lipinski definition) is 4. The van der Waals surface area contributed by atoms with Crippen LogP contribution in [0.4, 0.5) is 5.69 Å². The van der Waals surface area contributed by atoms with Crippen molar-refractivity contribution in [2.75, 3.05) is 32.1 Å². The number of ether oxygens (including phenoxy) is 2. The first-order valence-electron chi connectivity index (χ1n) is 8.53. The van der Waals surface area contributed by atoms with Gasteiger partial charge in [-0.1, -0.05) is 0 Å². The lowest BCUT2D eigenvalue weighted by Gasteiger charge is -2.31. The van der Waals surface area contributed by atoms with Crippen LogP contribution in [-0.4, -0.2) is 49.6 Å². The largest absolute Gasteiger partial charge is 0.497 e. The zero-order chi connectivity index (χ0) is 18.5. The molecule has 6 heteroatoms. The Morgan fingerprint density at radius 3 is 2.35 bits per heavy atom. The number of anilines is 1. The van der Waals surface area contributed by atoms with Gasteiger partial charge in [-0.25, -0.2) is 0 Å². The third-order valence-corrected chi connectivity index (χ3v) is 4.27. The van der Waals surface area contributed by atoms with Crippen molar-refractivity contribution >= 4 is 17.5 Å². The Morgan fingerprint density at radius 2 is 1.73 bits per heavy atom. The molecule has 2 aromatic rings. The van der Waals surface area contributed by atoms with E-state index in [9.17, 15) is 9.59 Å². The van der Waals surface area contributed by atoms with Crippen LogP contribution in [0.2, 0.25) is 0 Å². The number of nitrogens with zero attached hydrogens (tertiary/aromatic N) is 1. The average molecular weight is 354 g/mol. The maximum atomic E-state index is 12.5. The molecule has 0 aromatic heterocycles. The Bertz CT molecular complexity index is 771. The Hall–Kier alpha value is -2.86. The first-order chi connectivity index (χ1) is 12.6. The lowest BCUT2D eigenvalue weighted by atomic mass is 10.1. The molecule has 0 radical (unpaired) electrons. The summed E-state index contributed by atoms with van der Waals surface area (Å²) in [6.07, 6.45) is 0.0516. The van der Waals surface area contributed by atoms with Crippen molar-refractivity contribution in [3.63, 3.8) is 0 Å². The molecule has 136 valence electrons. The molecular formula is C20H22N2O4. The highest BCUT2D eigenvalue weighted by atomic mass is 16.5. The first kappa shape index (κ1) is 17.9. The molecule has 1 N–H and O–H groups in total. The molecule has 1 heterocycles. The summed E-state index contributed by atoms with van der Waals surface area (Å²) >= 11 is 0. The lowest BCUT2D eigenvalue weighted by Crippen LogP contribution is -2.44. The summed E-state index contributed by atoms with van der Waals surface area (Å²) in [7, 11) is 1.58. The van der Waals surface area contributed by atoms with E-state index in [1.54, 1.807) is 60.5 Å². The molecule has 3 rings (SSSR count). The quantitative estimate of drug-likeness (QED) is 0.917. The van der Waals surface area contributed by atoms with Gasteiger partial charge in [-0.3, -0.25) is 9.59 Å². The van der Waals surface area contributed by atoms with E-state index >= 15 is 0 Å². The number of carbonyl (C=O) groups is 2. The lowest BCUT2D eigenvalue weighted by molar-refractivity contribution is -0.0124. The van der Waals surface area contributed by atoms with Gasteiger partial charge in [0.1, 0.15) is 5.75 Å². The number of carbonyl (C=O) groups excluding carboxylic acids is 2. The smallest absolute Gasteiger partial charge is 0.255 e. The van der Waals surface area contributed by atoms with Crippen LogP contribution >= 0.6 is 0 Å². The number of hydrogen-bond donors (Lipinski definition) is 1. The van der Waals surface area contributed by atoms with E-state index in [0.717, 1.165) is 0 Å². The van der Waals surface area contributed by atoms with Gasteiger partial charge in [0, 0.05) is 29.9 Å². The minimum atomic E-state index is -0.214. The van der Waals surface area contributed by atoms with Gasteiger partial charge in [-0.05, 0) is 55.5 Å². The molecule has 0 aliphatic carbocycles. The van der Waals surface area contributed by atoms with Gasteiger partial charge in [0.2, 0.25) is 0 Å². The Balaban J connectivity index is 1.63. The van der Waals surface area contributed by atoms with Crippen LogP contribution in [0.25, 0.3) is 0 Å². The van der Waals surface area contributed by atoms with Gasteiger partial charge >= 0.3 is 0 Å². The summed E-state index contributed by atoms with van der Waals surface area (Å²) in [5.74, 6) is 0.462. The molecule has 0 saturated carbocycles. The van der Waals surface area contributed by atoms with Crippen molar-refractivity contribution in [1.29, 1.82) is 0 Å². The molecule has 6 nitrogen and oxygen atoms in total. The average Bonchev–Trinajstić information content (AvgIpc) is 2.68. The molecule has 1 atom stereocenters. The van der Waals surface area contributed by atoms with Gasteiger partial charge in [0.25, 0.3) is 11.8 Å². The molecular weight excluding hydrogens is 332 g/mol. The summed E-state index contributed by atoms with van der Waals surface area (Å²) in [6, 6.07) is 13.8. The fourth-order valence-electron chi connectivity index (χ4n) is 2.83. The highest BCUT2D eigenvalue weighted by Gasteiger charge is 2.22. The number of morpholine rings is 1. The van der Waals surface area contributed by atoms with Gasteiger partial charge in [-0.2, -0.15) is 0 Å². The minimum Gasteiger partial charge on any atom is -0.497 e. The van der Waals surface area contributed by atoms with Crippen LogP contribution in [0.3, 0.4) is 0 Å². The number of benzene rings is 2. The van der Waals surface area contributed by atoms with Gasteiger partial charge in [0.05, 0.1) is 19.8 Å². The summed E-state index contributed by atoms with van der Waals surface area (Å²) in [5, 5.41) is 2.82. The molecule has 1 unspecified atom stereocenters. The standard InChI is InChI=1S/C20H22N2O4/c1-14-13-22(11-12-26-14)20(24)16-3-7-17(8-4-16)21-19(23)15-5-9-18(25-2)10-6-15/h3-10,14H,11-13H2,1-2H3,(H,21,23). The fraction of sp³-hybridized carbons (Fsp3) is 0.300. The van der Waals surface area contributed by atoms with Crippen LogP contribution in [0, 0.1) is 0 Å². The van der Waals surface area contributed by atoms with E-state index in [0.29, 0.717) is 42.3 Å². The number of nitrogens with one attached hydrogen (secondary N) is 1. The molecule has 1 fully saturated rings. The van der Waals surface area contributed by atoms with Gasteiger partial charge < -0.3 is 19.7 Å². The molecule has 26 heavy (non-hydrogen) atoms. The van der Waals surface area contributed by atoms with E-state index in [1.807, 2.05) is 6.92 Å². The molecule has 0 spiro atoms. The molecule has 2 amide bonds. The third kappa shape index (κ3) is 4.21. The van der Waals surface area contributed by atoms with Gasteiger partial charge in [-0.15, -0.1) is 0 Å². The number of rotatable bonds is 4. The monoisotopic (exact) mass is 354 g/mol. The second-order valence-corrected chi connectivity index (χ2v) is 6.19. The van der Waals surface area contributed by atoms with Crippen LogP contribution in [0.15, 0.2) is 48.5 Å². The van der Waals surface area contributed by atoms with Crippen LogP contribution < -0.4 is 10.1 Å². The van der Waals surface area contributed by atoms with E-state index in [1.165, 1.54) is 0 Å². The molecule has 0 bridgehead atoms. The molecule has 2 aromatic carbocycles. The van der Waals surface area contributed by atoms with E-state index in [-0.39, 0.29) is 17.9 Å². The maximum absolute atomic E-state index is 12.5. The highest BCUT2D eigenvalue weighted by molar-refractivity contribution is 6.04. The van der Waals surface area contributed by atoms with Crippen LogP contribution in [-0.2, 0) is 4.74 Å². The predicted octanol–water partition coefficient (Wildman–Crippen LogP) is 2.81. The predicted molar refractivity (Wildman–Crippen MR) is 98.7 cm³/mol. The zero-order valence-electron chi connectivity index (χ0n) is 14.9. The van der Waals surface area contributed by atoms with E-state index < -0.39 is 0 Å². The normalized spacial score (nSPS) is 16.8.